The van der Waals surface area contributed by atoms with E-state index in [0.717, 1.165) is 12.1 Å². The number of aliphatic hydroxyl groups is 1. The van der Waals surface area contributed by atoms with Crippen molar-refractivity contribution in [3.05, 3.63) is 23.8 Å². The topological polar surface area (TPSA) is 113 Å². The van der Waals surface area contributed by atoms with Gasteiger partial charge in [-0.05, 0) is 25.1 Å². The first kappa shape index (κ1) is 15.4. The first-order valence-corrected chi connectivity index (χ1v) is 6.84. The molecule has 1 atom stereocenters. The van der Waals surface area contributed by atoms with E-state index < -0.39 is 22.0 Å². The van der Waals surface area contributed by atoms with E-state index in [9.17, 15) is 13.2 Å². The van der Waals surface area contributed by atoms with Crippen LogP contribution in [0.15, 0.2) is 23.1 Å². The molecular formula is C11H15NO6S. The third-order valence-corrected chi connectivity index (χ3v) is 3.96. The lowest BCUT2D eigenvalue weighted by molar-refractivity contribution is 0.0696. The minimum Gasteiger partial charge on any atom is -0.495 e. The average Bonchev–Trinajstić information content (AvgIpc) is 2.37. The van der Waals surface area contributed by atoms with E-state index in [0.29, 0.717) is 0 Å². The number of hydrogen-bond acceptors (Lipinski definition) is 5. The number of nitrogens with one attached hydrogen (secondary N) is 1. The molecule has 8 heteroatoms. The highest BCUT2D eigenvalue weighted by molar-refractivity contribution is 7.89. The molecule has 0 aliphatic rings. The number of hydrogen-bond donors (Lipinski definition) is 3. The third-order valence-electron chi connectivity index (χ3n) is 2.33. The molecule has 0 saturated carbocycles. The van der Waals surface area contributed by atoms with Crippen molar-refractivity contribution in [1.29, 1.82) is 0 Å². The number of rotatable bonds is 6. The summed E-state index contributed by atoms with van der Waals surface area (Å²) in [7, 11) is -2.64. The fourth-order valence-corrected chi connectivity index (χ4v) is 2.77. The molecule has 7 nitrogen and oxygen atoms in total. The van der Waals surface area contributed by atoms with E-state index in [4.69, 9.17) is 14.9 Å². The van der Waals surface area contributed by atoms with Crippen molar-refractivity contribution >= 4 is 16.0 Å². The molecule has 106 valence electrons. The zero-order valence-electron chi connectivity index (χ0n) is 10.5. The van der Waals surface area contributed by atoms with Crippen molar-refractivity contribution in [3.63, 3.8) is 0 Å². The average molecular weight is 289 g/mol. The van der Waals surface area contributed by atoms with Crippen LogP contribution in [0.25, 0.3) is 0 Å². The van der Waals surface area contributed by atoms with E-state index >= 15 is 0 Å². The lowest BCUT2D eigenvalue weighted by atomic mass is 10.2. The zero-order chi connectivity index (χ0) is 14.6. The quantitative estimate of drug-likeness (QED) is 0.682. The molecule has 3 N–H and O–H groups in total. The first-order valence-electron chi connectivity index (χ1n) is 5.36. The Bertz CT molecular complexity index is 569. The van der Waals surface area contributed by atoms with Gasteiger partial charge in [0, 0.05) is 6.04 Å². The van der Waals surface area contributed by atoms with Gasteiger partial charge in [-0.3, -0.25) is 0 Å². The maximum atomic E-state index is 12.0. The van der Waals surface area contributed by atoms with Crippen LogP contribution in [0.1, 0.15) is 17.3 Å². The maximum absolute atomic E-state index is 12.0. The van der Waals surface area contributed by atoms with Crippen LogP contribution in [0, 0.1) is 0 Å². The molecule has 19 heavy (non-hydrogen) atoms. The molecule has 1 rings (SSSR count). The first-order chi connectivity index (χ1) is 8.81. The monoisotopic (exact) mass is 289 g/mol. The molecular weight excluding hydrogens is 274 g/mol. The Labute approximate surface area is 110 Å². The van der Waals surface area contributed by atoms with E-state index in [-0.39, 0.29) is 22.8 Å². The molecule has 0 heterocycles. The van der Waals surface area contributed by atoms with Crippen molar-refractivity contribution in [3.8, 4) is 5.75 Å². The van der Waals surface area contributed by atoms with Gasteiger partial charge >= 0.3 is 5.97 Å². The summed E-state index contributed by atoms with van der Waals surface area (Å²) in [5.74, 6) is -1.25. The fraction of sp³-hybridized carbons (Fsp3) is 0.364. The van der Waals surface area contributed by atoms with E-state index in [1.54, 1.807) is 0 Å². The molecule has 0 unspecified atom stereocenters. The van der Waals surface area contributed by atoms with Gasteiger partial charge in [-0.25, -0.2) is 17.9 Å². The number of carbonyl (C=O) groups is 1. The second kappa shape index (κ2) is 6.00. The number of aliphatic hydroxyl groups excluding tert-OH is 1. The molecule has 0 spiro atoms. The zero-order valence-corrected chi connectivity index (χ0v) is 11.3. The van der Waals surface area contributed by atoms with Crippen LogP contribution in [-0.2, 0) is 10.0 Å². The summed E-state index contributed by atoms with van der Waals surface area (Å²) in [5, 5.41) is 17.7. The van der Waals surface area contributed by atoms with Crippen LogP contribution in [0.2, 0.25) is 0 Å². The summed E-state index contributed by atoms with van der Waals surface area (Å²) >= 11 is 0. The van der Waals surface area contributed by atoms with Gasteiger partial charge in [0.15, 0.2) is 0 Å². The van der Waals surface area contributed by atoms with Gasteiger partial charge in [0.05, 0.1) is 19.3 Å². The molecule has 0 aliphatic heterocycles. The molecule has 1 aromatic rings. The second-order valence-corrected chi connectivity index (χ2v) is 5.56. The lowest BCUT2D eigenvalue weighted by Crippen LogP contribution is -2.35. The van der Waals surface area contributed by atoms with Crippen molar-refractivity contribution in [1.82, 2.24) is 4.72 Å². The Morgan fingerprint density at radius 3 is 2.58 bits per heavy atom. The fourth-order valence-electron chi connectivity index (χ4n) is 1.39. The third kappa shape index (κ3) is 3.66. The molecule has 0 amide bonds. The smallest absolute Gasteiger partial charge is 0.335 e. The SMILES string of the molecule is COc1cc(C(=O)O)ccc1S(=O)(=O)N[C@@H](C)CO. The van der Waals surface area contributed by atoms with E-state index in [1.807, 2.05) is 0 Å². The highest BCUT2D eigenvalue weighted by Crippen LogP contribution is 2.25. The van der Waals surface area contributed by atoms with Crippen LogP contribution in [0.3, 0.4) is 0 Å². The molecule has 0 fully saturated rings. The Hall–Kier alpha value is -1.64. The van der Waals surface area contributed by atoms with Gasteiger partial charge in [-0.1, -0.05) is 0 Å². The van der Waals surface area contributed by atoms with Crippen LogP contribution >= 0.6 is 0 Å². The lowest BCUT2D eigenvalue weighted by Gasteiger charge is -2.14. The summed E-state index contributed by atoms with van der Waals surface area (Å²) in [4.78, 5) is 10.6. The number of methoxy groups -OCH3 is 1. The minimum absolute atomic E-state index is 0.0717. The number of carboxylic acids is 1. The maximum Gasteiger partial charge on any atom is 0.335 e. The standard InChI is InChI=1S/C11H15NO6S/c1-7(6-13)12-19(16,17)10-4-3-8(11(14)15)5-9(10)18-2/h3-5,7,12-13H,6H2,1-2H3,(H,14,15)/t7-/m0/s1. The molecule has 0 radical (unpaired) electrons. The number of ether oxygens (including phenoxy) is 1. The van der Waals surface area contributed by atoms with Crippen molar-refractivity contribution < 1.29 is 28.2 Å². The van der Waals surface area contributed by atoms with Gasteiger partial charge in [0.1, 0.15) is 10.6 Å². The van der Waals surface area contributed by atoms with Crippen LogP contribution in [0.4, 0.5) is 0 Å². The number of sulfonamides is 1. The molecule has 1 aromatic carbocycles. The van der Waals surface area contributed by atoms with Crippen LogP contribution in [-0.4, -0.2) is 44.4 Å². The molecule has 0 aliphatic carbocycles. The summed E-state index contributed by atoms with van der Waals surface area (Å²) < 4.78 is 31.2. The van der Waals surface area contributed by atoms with Gasteiger partial charge in [0.25, 0.3) is 0 Å². The van der Waals surface area contributed by atoms with Crippen molar-refractivity contribution in [2.45, 2.75) is 17.9 Å². The Morgan fingerprint density at radius 1 is 1.47 bits per heavy atom. The molecule has 0 bridgehead atoms. The Balaban J connectivity index is 3.23. The normalized spacial score (nSPS) is 13.0. The predicted molar refractivity (Wildman–Crippen MR) is 66.8 cm³/mol. The predicted octanol–water partition coefficient (Wildman–Crippen LogP) is 0.0525. The summed E-state index contributed by atoms with van der Waals surface area (Å²) in [6.45, 7) is 1.14. The van der Waals surface area contributed by atoms with Crippen molar-refractivity contribution in [2.24, 2.45) is 0 Å². The molecule has 0 aromatic heterocycles. The van der Waals surface area contributed by atoms with E-state index in [2.05, 4.69) is 4.72 Å². The van der Waals surface area contributed by atoms with E-state index in [1.165, 1.54) is 20.1 Å². The van der Waals surface area contributed by atoms with Crippen LogP contribution < -0.4 is 9.46 Å². The number of benzene rings is 1. The summed E-state index contributed by atoms with van der Waals surface area (Å²) in [6, 6.07) is 2.78. The van der Waals surface area contributed by atoms with Gasteiger partial charge in [-0.2, -0.15) is 0 Å². The summed E-state index contributed by atoms with van der Waals surface area (Å²) in [5.41, 5.74) is -0.0778. The minimum atomic E-state index is -3.88. The van der Waals surface area contributed by atoms with Gasteiger partial charge < -0.3 is 14.9 Å². The van der Waals surface area contributed by atoms with Gasteiger partial charge in [-0.15, -0.1) is 0 Å². The number of aromatic carboxylic acids is 1. The number of carboxylic acid groups (broad SMARTS) is 1. The van der Waals surface area contributed by atoms with Gasteiger partial charge in [0.2, 0.25) is 10.0 Å². The van der Waals surface area contributed by atoms with Crippen molar-refractivity contribution in [2.75, 3.05) is 13.7 Å². The largest absolute Gasteiger partial charge is 0.495 e. The highest BCUT2D eigenvalue weighted by Gasteiger charge is 2.22. The second-order valence-electron chi connectivity index (χ2n) is 3.88. The Kier molecular flexibility index (Phi) is 4.87. The highest BCUT2D eigenvalue weighted by atomic mass is 32.2. The Morgan fingerprint density at radius 2 is 2.11 bits per heavy atom. The molecule has 0 saturated heterocycles. The van der Waals surface area contributed by atoms with Crippen LogP contribution in [0.5, 0.6) is 5.75 Å². The summed E-state index contributed by atoms with van der Waals surface area (Å²) in [6.07, 6.45) is 0.